The van der Waals surface area contributed by atoms with Crippen LogP contribution in [0.15, 0.2) is 42.5 Å². The van der Waals surface area contributed by atoms with Crippen molar-refractivity contribution in [2.45, 2.75) is 0 Å². The predicted octanol–water partition coefficient (Wildman–Crippen LogP) is 3.13. The maximum Gasteiger partial charge on any atom is 0.339 e. The number of amides is 1. The quantitative estimate of drug-likeness (QED) is 0.331. The Morgan fingerprint density at radius 1 is 1.25 bits per heavy atom. The molecular formula is C15H10FIN2O5. The number of esters is 1. The highest BCUT2D eigenvalue weighted by Gasteiger charge is 2.16. The normalized spacial score (nSPS) is 10.1. The Morgan fingerprint density at radius 3 is 2.62 bits per heavy atom. The summed E-state index contributed by atoms with van der Waals surface area (Å²) in [5.74, 6) is -2.35. The van der Waals surface area contributed by atoms with Crippen LogP contribution in [0.4, 0.5) is 15.8 Å². The number of nitro benzene ring substituents is 1. The molecule has 0 saturated carbocycles. The number of halogens is 2. The molecule has 0 aromatic heterocycles. The Labute approximate surface area is 149 Å². The Kier molecular flexibility index (Phi) is 5.79. The molecule has 0 fully saturated rings. The van der Waals surface area contributed by atoms with E-state index in [4.69, 9.17) is 4.74 Å². The third-order valence-electron chi connectivity index (χ3n) is 2.86. The number of hydrogen-bond acceptors (Lipinski definition) is 5. The van der Waals surface area contributed by atoms with Gasteiger partial charge in [-0.3, -0.25) is 14.9 Å². The first-order chi connectivity index (χ1) is 11.4. The van der Waals surface area contributed by atoms with Crippen LogP contribution in [0.5, 0.6) is 0 Å². The predicted molar refractivity (Wildman–Crippen MR) is 91.1 cm³/mol. The highest BCUT2D eigenvalue weighted by Crippen LogP contribution is 2.21. The molecule has 0 atom stereocenters. The van der Waals surface area contributed by atoms with Crippen LogP contribution >= 0.6 is 22.6 Å². The molecule has 0 heterocycles. The van der Waals surface area contributed by atoms with Crippen LogP contribution in [0, 0.1) is 19.5 Å². The smallest absolute Gasteiger partial charge is 0.339 e. The van der Waals surface area contributed by atoms with Crippen molar-refractivity contribution in [3.63, 3.8) is 0 Å². The second-order valence-corrected chi connectivity index (χ2v) is 5.69. The molecular weight excluding hydrogens is 434 g/mol. The van der Waals surface area contributed by atoms with Crippen LogP contribution in [0.25, 0.3) is 0 Å². The van der Waals surface area contributed by atoms with Crippen molar-refractivity contribution in [2.75, 3.05) is 11.9 Å². The lowest BCUT2D eigenvalue weighted by Crippen LogP contribution is -2.21. The number of carbonyl (C=O) groups is 2. The van der Waals surface area contributed by atoms with E-state index in [9.17, 15) is 24.1 Å². The van der Waals surface area contributed by atoms with Gasteiger partial charge in [-0.25, -0.2) is 9.18 Å². The van der Waals surface area contributed by atoms with Gasteiger partial charge in [0.15, 0.2) is 6.61 Å². The van der Waals surface area contributed by atoms with Gasteiger partial charge in [0.2, 0.25) is 0 Å². The van der Waals surface area contributed by atoms with Gasteiger partial charge in [0.05, 0.1) is 16.2 Å². The van der Waals surface area contributed by atoms with E-state index in [1.54, 1.807) is 24.3 Å². The fraction of sp³-hybridized carbons (Fsp3) is 0.0667. The molecule has 24 heavy (non-hydrogen) atoms. The molecule has 0 aliphatic carbocycles. The fourth-order valence-corrected chi connectivity index (χ4v) is 2.35. The highest BCUT2D eigenvalue weighted by molar-refractivity contribution is 14.1. The molecule has 2 rings (SSSR count). The zero-order valence-corrected chi connectivity index (χ0v) is 14.2. The van der Waals surface area contributed by atoms with Crippen LogP contribution < -0.4 is 5.32 Å². The molecule has 1 N–H and O–H groups in total. The van der Waals surface area contributed by atoms with E-state index < -0.39 is 29.2 Å². The van der Waals surface area contributed by atoms with Crippen LogP contribution in [-0.4, -0.2) is 23.4 Å². The highest BCUT2D eigenvalue weighted by atomic mass is 127. The third-order valence-corrected chi connectivity index (χ3v) is 3.80. The van der Waals surface area contributed by atoms with Crippen LogP contribution in [0.3, 0.4) is 0 Å². The minimum Gasteiger partial charge on any atom is -0.452 e. The van der Waals surface area contributed by atoms with Crippen molar-refractivity contribution in [1.82, 2.24) is 0 Å². The largest absolute Gasteiger partial charge is 0.452 e. The van der Waals surface area contributed by atoms with Crippen molar-refractivity contribution in [1.29, 1.82) is 0 Å². The molecule has 0 aliphatic rings. The molecule has 0 spiro atoms. The van der Waals surface area contributed by atoms with Gasteiger partial charge in [-0.05, 0) is 40.8 Å². The minimum atomic E-state index is -0.835. The first-order valence-electron chi connectivity index (χ1n) is 6.54. The molecule has 124 valence electrons. The number of nitro groups is 1. The third kappa shape index (κ3) is 4.47. The van der Waals surface area contributed by atoms with E-state index in [-0.39, 0.29) is 11.4 Å². The summed E-state index contributed by atoms with van der Waals surface area (Å²) >= 11 is 1.95. The molecule has 0 bridgehead atoms. The Morgan fingerprint density at radius 2 is 1.96 bits per heavy atom. The number of non-ortho nitro benzene ring substituents is 1. The summed E-state index contributed by atoms with van der Waals surface area (Å²) in [5, 5.41) is 12.8. The lowest BCUT2D eigenvalue weighted by molar-refractivity contribution is -0.384. The average Bonchev–Trinajstić information content (AvgIpc) is 2.55. The first kappa shape index (κ1) is 17.8. The van der Waals surface area contributed by atoms with Crippen molar-refractivity contribution in [2.24, 2.45) is 0 Å². The maximum absolute atomic E-state index is 13.6. The zero-order chi connectivity index (χ0) is 17.7. The molecule has 7 nitrogen and oxygen atoms in total. The number of nitrogens with one attached hydrogen (secondary N) is 1. The van der Waals surface area contributed by atoms with Crippen LogP contribution in [-0.2, 0) is 9.53 Å². The van der Waals surface area contributed by atoms with E-state index in [2.05, 4.69) is 5.32 Å². The lowest BCUT2D eigenvalue weighted by atomic mass is 10.2. The van der Waals surface area contributed by atoms with Crippen LogP contribution in [0.1, 0.15) is 10.4 Å². The minimum absolute atomic E-state index is 0.299. The van der Waals surface area contributed by atoms with E-state index in [1.807, 2.05) is 22.6 Å². The maximum atomic E-state index is 13.6. The molecule has 2 aromatic rings. The van der Waals surface area contributed by atoms with Gasteiger partial charge >= 0.3 is 5.97 Å². The van der Waals surface area contributed by atoms with Gasteiger partial charge in [0.25, 0.3) is 11.6 Å². The summed E-state index contributed by atoms with van der Waals surface area (Å²) in [4.78, 5) is 33.5. The van der Waals surface area contributed by atoms with E-state index in [0.717, 1.165) is 18.2 Å². The average molecular weight is 444 g/mol. The molecule has 0 saturated heterocycles. The van der Waals surface area contributed by atoms with E-state index in [1.165, 1.54) is 0 Å². The zero-order valence-electron chi connectivity index (χ0n) is 12.0. The number of benzene rings is 2. The summed E-state index contributed by atoms with van der Waals surface area (Å²) in [7, 11) is 0. The summed E-state index contributed by atoms with van der Waals surface area (Å²) < 4.78 is 19.1. The molecule has 9 heteroatoms. The van der Waals surface area contributed by atoms with E-state index >= 15 is 0 Å². The first-order valence-corrected chi connectivity index (χ1v) is 7.62. The van der Waals surface area contributed by atoms with Crippen LogP contribution in [0.2, 0.25) is 0 Å². The van der Waals surface area contributed by atoms with Gasteiger partial charge in [0, 0.05) is 15.7 Å². The van der Waals surface area contributed by atoms with Gasteiger partial charge in [0.1, 0.15) is 5.82 Å². The summed E-state index contributed by atoms with van der Waals surface area (Å²) in [5.41, 5.74) is -0.436. The number of nitrogens with zero attached hydrogens (tertiary/aromatic N) is 1. The number of hydrogen-bond donors (Lipinski definition) is 1. The van der Waals surface area contributed by atoms with Crippen molar-refractivity contribution in [3.8, 4) is 0 Å². The SMILES string of the molecule is O=C(COC(=O)c1ccccc1I)Nc1cc([N+](=O)[O-])ccc1F. The number of anilines is 1. The molecule has 1 amide bonds. The Bertz CT molecular complexity index is 812. The summed E-state index contributed by atoms with van der Waals surface area (Å²) in [6, 6.07) is 9.37. The number of carbonyl (C=O) groups excluding carboxylic acids is 2. The number of ether oxygens (including phenoxy) is 1. The molecule has 0 aliphatic heterocycles. The number of rotatable bonds is 5. The molecule has 0 radical (unpaired) electrons. The summed E-state index contributed by atoms with van der Waals surface area (Å²) in [6.07, 6.45) is 0. The second-order valence-electron chi connectivity index (χ2n) is 4.53. The van der Waals surface area contributed by atoms with E-state index in [0.29, 0.717) is 9.13 Å². The van der Waals surface area contributed by atoms with Crippen molar-refractivity contribution in [3.05, 3.63) is 67.5 Å². The molecule has 2 aromatic carbocycles. The fourth-order valence-electron chi connectivity index (χ4n) is 1.74. The molecule has 0 unspecified atom stereocenters. The lowest BCUT2D eigenvalue weighted by Gasteiger charge is -2.08. The summed E-state index contributed by atoms with van der Waals surface area (Å²) in [6.45, 7) is -0.647. The Hall–Kier alpha value is -2.56. The van der Waals surface area contributed by atoms with Crippen molar-refractivity contribution < 1.29 is 23.6 Å². The van der Waals surface area contributed by atoms with Gasteiger partial charge in [-0.1, -0.05) is 12.1 Å². The topological polar surface area (TPSA) is 98.5 Å². The monoisotopic (exact) mass is 444 g/mol. The van der Waals surface area contributed by atoms with Crippen molar-refractivity contribution >= 4 is 45.8 Å². The standard InChI is InChI=1S/C15H10FIN2O5/c16-11-6-5-9(19(22)23)7-13(11)18-14(20)8-24-15(21)10-3-1-2-4-12(10)17/h1-7H,8H2,(H,18,20). The van der Waals surface area contributed by atoms with Gasteiger partial charge < -0.3 is 10.1 Å². The Balaban J connectivity index is 1.99. The second kappa shape index (κ2) is 7.81. The van der Waals surface area contributed by atoms with Gasteiger partial charge in [-0.15, -0.1) is 0 Å². The van der Waals surface area contributed by atoms with Gasteiger partial charge in [-0.2, -0.15) is 0 Å².